The van der Waals surface area contributed by atoms with Crippen molar-refractivity contribution in [1.29, 1.82) is 0 Å². The third-order valence-electron chi connectivity index (χ3n) is 1.48. The zero-order valence-electron chi connectivity index (χ0n) is 7.12. The van der Waals surface area contributed by atoms with E-state index in [1.807, 2.05) is 0 Å². The van der Waals surface area contributed by atoms with Crippen LogP contribution in [-0.4, -0.2) is 13.4 Å². The molecule has 1 aromatic heterocycles. The zero-order valence-corrected chi connectivity index (χ0v) is 7.93. The van der Waals surface area contributed by atoms with Crippen molar-refractivity contribution < 1.29 is 21.6 Å². The van der Waals surface area contributed by atoms with E-state index in [1.165, 1.54) is 0 Å². The largest absolute Gasteiger partial charge is 0.384 e. The van der Waals surface area contributed by atoms with Crippen LogP contribution in [0.4, 0.5) is 19.0 Å². The van der Waals surface area contributed by atoms with E-state index in [0.29, 0.717) is 6.07 Å². The van der Waals surface area contributed by atoms with E-state index < -0.39 is 38.7 Å². The van der Waals surface area contributed by atoms with E-state index in [2.05, 4.69) is 10.1 Å². The number of pyridine rings is 1. The maximum atomic E-state index is 13.1. The van der Waals surface area contributed by atoms with Crippen LogP contribution >= 0.6 is 0 Å². The fourth-order valence-corrected chi connectivity index (χ4v) is 1.54. The molecule has 5 nitrogen and oxygen atoms in total. The third-order valence-corrected chi connectivity index (χ3v) is 2.39. The van der Waals surface area contributed by atoms with Crippen LogP contribution in [0, 0.1) is 5.82 Å². The molecule has 0 unspecified atom stereocenters. The van der Waals surface area contributed by atoms with Crippen LogP contribution in [0.1, 0.15) is 12.1 Å². The monoisotopic (exact) mass is 241 g/mol. The van der Waals surface area contributed by atoms with Crippen LogP contribution in [0.5, 0.6) is 0 Å². The molecule has 0 aliphatic rings. The van der Waals surface area contributed by atoms with E-state index in [0.717, 1.165) is 0 Å². The first-order chi connectivity index (χ1) is 6.73. The smallest absolute Gasteiger partial charge is 0.283 e. The Hall–Kier alpha value is -1.35. The third kappa shape index (κ3) is 2.36. The van der Waals surface area contributed by atoms with Gasteiger partial charge >= 0.3 is 0 Å². The van der Waals surface area contributed by atoms with Crippen molar-refractivity contribution in [2.75, 3.05) is 5.73 Å². The molecule has 0 saturated carbocycles. The van der Waals surface area contributed by atoms with Crippen LogP contribution in [0.2, 0.25) is 0 Å². The average molecular weight is 241 g/mol. The van der Waals surface area contributed by atoms with Crippen molar-refractivity contribution in [3.8, 4) is 0 Å². The molecule has 0 atom stereocenters. The average Bonchev–Trinajstić information content (AvgIpc) is 2.06. The van der Waals surface area contributed by atoms with Gasteiger partial charge < -0.3 is 5.73 Å². The fourth-order valence-electron chi connectivity index (χ4n) is 0.896. The van der Waals surface area contributed by atoms with Gasteiger partial charge in [-0.05, 0) is 0 Å². The van der Waals surface area contributed by atoms with E-state index in [1.54, 1.807) is 0 Å². The van der Waals surface area contributed by atoms with Gasteiger partial charge in [-0.2, -0.15) is 0 Å². The predicted molar refractivity (Wildman–Crippen MR) is 44.9 cm³/mol. The molecular weight excluding hydrogens is 235 g/mol. The summed E-state index contributed by atoms with van der Waals surface area (Å²) in [5, 5.41) is 4.60. The molecule has 84 valence electrons. The van der Waals surface area contributed by atoms with Crippen LogP contribution in [0.15, 0.2) is 11.0 Å². The SMILES string of the molecule is Nc1cc(S(N)(=O)=O)c(F)c(C(F)F)n1. The van der Waals surface area contributed by atoms with Crippen LogP contribution in [0.3, 0.4) is 0 Å². The first kappa shape index (κ1) is 11.7. The number of sulfonamides is 1. The van der Waals surface area contributed by atoms with Crippen molar-refractivity contribution in [2.45, 2.75) is 11.3 Å². The highest BCUT2D eigenvalue weighted by Gasteiger charge is 2.24. The van der Waals surface area contributed by atoms with Gasteiger partial charge in [-0.25, -0.2) is 31.7 Å². The fraction of sp³-hybridized carbons (Fsp3) is 0.167. The van der Waals surface area contributed by atoms with E-state index >= 15 is 0 Å². The number of nitrogen functional groups attached to an aromatic ring is 1. The number of halogens is 3. The summed E-state index contributed by atoms with van der Waals surface area (Å²) < 4.78 is 59.1. The summed E-state index contributed by atoms with van der Waals surface area (Å²) in [7, 11) is -4.44. The molecule has 15 heavy (non-hydrogen) atoms. The minimum atomic E-state index is -4.44. The Morgan fingerprint density at radius 2 is 1.93 bits per heavy atom. The molecule has 1 rings (SSSR count). The highest BCUT2D eigenvalue weighted by Crippen LogP contribution is 2.25. The number of rotatable bonds is 2. The second-order valence-electron chi connectivity index (χ2n) is 2.59. The van der Waals surface area contributed by atoms with Gasteiger partial charge in [0.15, 0.2) is 5.82 Å². The molecule has 0 amide bonds. The van der Waals surface area contributed by atoms with Crippen molar-refractivity contribution in [3.63, 3.8) is 0 Å². The molecule has 0 aromatic carbocycles. The summed E-state index contributed by atoms with van der Waals surface area (Å²) in [6, 6.07) is 0.580. The molecule has 0 radical (unpaired) electrons. The van der Waals surface area contributed by atoms with Gasteiger partial charge in [-0.1, -0.05) is 0 Å². The summed E-state index contributed by atoms with van der Waals surface area (Å²) in [6.45, 7) is 0. The Balaban J connectivity index is 3.56. The summed E-state index contributed by atoms with van der Waals surface area (Å²) in [4.78, 5) is 1.89. The second kappa shape index (κ2) is 3.66. The lowest BCUT2D eigenvalue weighted by Crippen LogP contribution is -2.16. The molecule has 1 heterocycles. The Kier molecular flexibility index (Phi) is 2.86. The van der Waals surface area contributed by atoms with Crippen LogP contribution < -0.4 is 10.9 Å². The topological polar surface area (TPSA) is 99.1 Å². The van der Waals surface area contributed by atoms with E-state index in [4.69, 9.17) is 5.73 Å². The van der Waals surface area contributed by atoms with Crippen molar-refractivity contribution in [2.24, 2.45) is 5.14 Å². The summed E-state index contributed by atoms with van der Waals surface area (Å²) in [6.07, 6.45) is -3.27. The molecule has 0 bridgehead atoms. The second-order valence-corrected chi connectivity index (χ2v) is 4.12. The molecule has 0 aliphatic carbocycles. The Bertz CT molecular complexity index is 489. The molecule has 0 fully saturated rings. The lowest BCUT2D eigenvalue weighted by Gasteiger charge is -2.06. The Labute approximate surface area is 83.0 Å². The zero-order chi connectivity index (χ0) is 11.8. The molecule has 0 saturated heterocycles. The highest BCUT2D eigenvalue weighted by atomic mass is 32.2. The number of anilines is 1. The van der Waals surface area contributed by atoms with Gasteiger partial charge in [0, 0.05) is 6.07 Å². The molecule has 0 spiro atoms. The van der Waals surface area contributed by atoms with Gasteiger partial charge in [-0.3, -0.25) is 0 Å². The standard InChI is InChI=1S/C6H6F3N3O2S/c7-4-2(15(11,13)14)1-3(10)12-5(4)6(8)9/h1,6H,(H2,10,12)(H2,11,13,14). The maximum absolute atomic E-state index is 13.1. The Morgan fingerprint density at radius 1 is 1.40 bits per heavy atom. The van der Waals surface area contributed by atoms with E-state index in [-0.39, 0.29) is 0 Å². The number of nitrogens with two attached hydrogens (primary N) is 2. The summed E-state index contributed by atoms with van der Waals surface area (Å²) in [5.74, 6) is -2.22. The summed E-state index contributed by atoms with van der Waals surface area (Å²) >= 11 is 0. The molecule has 0 aliphatic heterocycles. The van der Waals surface area contributed by atoms with Gasteiger partial charge in [0.2, 0.25) is 10.0 Å². The quantitative estimate of drug-likeness (QED) is 0.782. The van der Waals surface area contributed by atoms with E-state index in [9.17, 15) is 21.6 Å². The van der Waals surface area contributed by atoms with Gasteiger partial charge in [0.05, 0.1) is 0 Å². The normalized spacial score (nSPS) is 12.1. The van der Waals surface area contributed by atoms with Crippen molar-refractivity contribution in [3.05, 3.63) is 17.6 Å². The highest BCUT2D eigenvalue weighted by molar-refractivity contribution is 7.89. The maximum Gasteiger partial charge on any atom is 0.283 e. The predicted octanol–water partition coefficient (Wildman–Crippen LogP) is 0.388. The van der Waals surface area contributed by atoms with Crippen molar-refractivity contribution >= 4 is 15.8 Å². The summed E-state index contributed by atoms with van der Waals surface area (Å²) in [5.41, 5.74) is 3.70. The number of aromatic nitrogens is 1. The first-order valence-corrected chi connectivity index (χ1v) is 5.05. The van der Waals surface area contributed by atoms with Gasteiger partial charge in [0.1, 0.15) is 16.4 Å². The minimum Gasteiger partial charge on any atom is -0.384 e. The number of hydrogen-bond donors (Lipinski definition) is 2. The lowest BCUT2D eigenvalue weighted by molar-refractivity contribution is 0.140. The van der Waals surface area contributed by atoms with Gasteiger partial charge in [-0.15, -0.1) is 0 Å². The molecular formula is C6H6F3N3O2S. The molecule has 9 heteroatoms. The molecule has 4 N–H and O–H groups in total. The van der Waals surface area contributed by atoms with Gasteiger partial charge in [0.25, 0.3) is 6.43 Å². The number of alkyl halides is 2. The number of primary sulfonamides is 1. The van der Waals surface area contributed by atoms with Crippen LogP contribution in [-0.2, 0) is 10.0 Å². The van der Waals surface area contributed by atoms with Crippen LogP contribution in [0.25, 0.3) is 0 Å². The first-order valence-electron chi connectivity index (χ1n) is 3.50. The molecule has 1 aromatic rings. The Morgan fingerprint density at radius 3 is 2.33 bits per heavy atom. The minimum absolute atomic E-state index is 0.546. The number of hydrogen-bond acceptors (Lipinski definition) is 4. The van der Waals surface area contributed by atoms with Crippen molar-refractivity contribution in [1.82, 2.24) is 4.98 Å². The lowest BCUT2D eigenvalue weighted by atomic mass is 10.3. The number of nitrogens with zero attached hydrogens (tertiary/aromatic N) is 1.